The average molecular weight is 592 g/mol. The Hall–Kier alpha value is -4.29. The Morgan fingerprint density at radius 2 is 1.93 bits per heavy atom. The lowest BCUT2D eigenvalue weighted by Gasteiger charge is -2.29. The highest BCUT2D eigenvalue weighted by molar-refractivity contribution is 7.07. The molecule has 0 aliphatic carbocycles. The molecule has 220 valence electrons. The van der Waals surface area contributed by atoms with Gasteiger partial charge in [-0.3, -0.25) is 24.3 Å². The Kier molecular flexibility index (Phi) is 8.55. The van der Waals surface area contributed by atoms with E-state index < -0.39 is 11.0 Å². The first-order chi connectivity index (χ1) is 20.3. The van der Waals surface area contributed by atoms with E-state index in [2.05, 4.69) is 0 Å². The minimum Gasteiger partial charge on any atom is -0.496 e. The summed E-state index contributed by atoms with van der Waals surface area (Å²) in [5.41, 5.74) is 2.28. The third-order valence-corrected chi connectivity index (χ3v) is 8.56. The Labute approximate surface area is 246 Å². The Morgan fingerprint density at radius 3 is 2.60 bits per heavy atom. The van der Waals surface area contributed by atoms with Gasteiger partial charge in [0, 0.05) is 37.8 Å². The molecule has 0 bridgehead atoms. The van der Waals surface area contributed by atoms with Crippen LogP contribution in [0.4, 0.5) is 11.4 Å². The molecule has 11 nitrogen and oxygen atoms in total. The van der Waals surface area contributed by atoms with Gasteiger partial charge in [0.1, 0.15) is 17.5 Å². The van der Waals surface area contributed by atoms with Crippen molar-refractivity contribution in [2.75, 3.05) is 51.4 Å². The maximum atomic E-state index is 14.1. The molecule has 12 heteroatoms. The molecule has 3 heterocycles. The summed E-state index contributed by atoms with van der Waals surface area (Å²) in [6, 6.07) is 11.5. The number of allylic oxidation sites excluding steroid dienone is 1. The molecule has 1 saturated heterocycles. The number of carbonyl (C=O) groups excluding carboxylic acids is 1. The first-order valence-corrected chi connectivity index (χ1v) is 14.7. The monoisotopic (exact) mass is 591 g/mol. The number of aromatic nitrogens is 1. The number of amides is 1. The van der Waals surface area contributed by atoms with E-state index in [1.165, 1.54) is 22.0 Å². The highest BCUT2D eigenvalue weighted by Gasteiger charge is 2.35. The number of carbonyl (C=O) groups is 1. The molecule has 1 fully saturated rings. The SMILES string of the molecule is CCN(CC)C(=O)C1=C(C)N=c2s/c(=C\c3ccc(N4CCOCC4)c([N+](=O)[O-])c3)c(=O)n2[C@H]1c1ccccc1OC. The Bertz CT molecular complexity index is 1730. The summed E-state index contributed by atoms with van der Waals surface area (Å²) >= 11 is 1.18. The lowest BCUT2D eigenvalue weighted by molar-refractivity contribution is -0.384. The molecular weight excluding hydrogens is 558 g/mol. The van der Waals surface area contributed by atoms with Crippen LogP contribution in [0.3, 0.4) is 0 Å². The van der Waals surface area contributed by atoms with Crippen LogP contribution < -0.4 is 24.5 Å². The van der Waals surface area contributed by atoms with Crippen molar-refractivity contribution in [2.45, 2.75) is 26.8 Å². The van der Waals surface area contributed by atoms with Gasteiger partial charge in [0.2, 0.25) is 0 Å². The fourth-order valence-electron chi connectivity index (χ4n) is 5.46. The highest BCUT2D eigenvalue weighted by Crippen LogP contribution is 2.36. The molecule has 1 amide bonds. The fraction of sp³-hybridized carbons (Fsp3) is 0.367. The number of methoxy groups -OCH3 is 1. The number of hydrogen-bond acceptors (Lipinski definition) is 9. The maximum Gasteiger partial charge on any atom is 0.293 e. The minimum absolute atomic E-state index is 0.0340. The number of para-hydroxylation sites is 1. The van der Waals surface area contributed by atoms with Crippen LogP contribution in [-0.2, 0) is 9.53 Å². The van der Waals surface area contributed by atoms with Gasteiger partial charge in [0.05, 0.1) is 41.0 Å². The van der Waals surface area contributed by atoms with Crippen LogP contribution in [0.15, 0.2) is 63.5 Å². The Balaban J connectivity index is 1.67. The molecule has 0 spiro atoms. The van der Waals surface area contributed by atoms with Crippen molar-refractivity contribution in [3.05, 3.63) is 94.7 Å². The molecule has 2 aliphatic rings. The molecule has 0 unspecified atom stereocenters. The predicted molar refractivity (Wildman–Crippen MR) is 161 cm³/mol. The fourth-order valence-corrected chi connectivity index (χ4v) is 6.51. The molecular formula is C30H33N5O6S. The predicted octanol–water partition coefficient (Wildman–Crippen LogP) is 2.86. The molecule has 2 aromatic carbocycles. The number of nitro benzene ring substituents is 1. The first-order valence-electron chi connectivity index (χ1n) is 13.8. The summed E-state index contributed by atoms with van der Waals surface area (Å²) < 4.78 is 12.9. The topological polar surface area (TPSA) is 120 Å². The molecule has 0 radical (unpaired) electrons. The molecule has 2 aliphatic heterocycles. The number of fused-ring (bicyclic) bond motifs is 1. The second kappa shape index (κ2) is 12.3. The third-order valence-electron chi connectivity index (χ3n) is 7.58. The van der Waals surface area contributed by atoms with E-state index in [9.17, 15) is 19.7 Å². The number of hydrogen-bond donors (Lipinski definition) is 0. The van der Waals surface area contributed by atoms with Crippen LogP contribution in [-0.4, -0.2) is 66.8 Å². The number of thiazole rings is 1. The van der Waals surface area contributed by atoms with E-state index >= 15 is 0 Å². The van der Waals surface area contributed by atoms with Crippen LogP contribution in [0.5, 0.6) is 5.75 Å². The number of nitro groups is 1. The Morgan fingerprint density at radius 1 is 1.21 bits per heavy atom. The van der Waals surface area contributed by atoms with Crippen molar-refractivity contribution >= 4 is 34.7 Å². The van der Waals surface area contributed by atoms with Crippen LogP contribution >= 0.6 is 11.3 Å². The second-order valence-corrected chi connectivity index (χ2v) is 10.9. The van der Waals surface area contributed by atoms with Crippen molar-refractivity contribution in [3.63, 3.8) is 0 Å². The zero-order valence-electron chi connectivity index (χ0n) is 24.0. The van der Waals surface area contributed by atoms with Gasteiger partial charge < -0.3 is 19.3 Å². The summed E-state index contributed by atoms with van der Waals surface area (Å²) in [6.07, 6.45) is 1.64. The standard InChI is InChI=1S/C30H33N5O6S/c1-5-32(6-2)29(37)26-19(3)31-30-34(27(26)21-9-7-8-10-24(21)40-4)28(36)25(42-30)18-20-11-12-22(23(17-20)35(38)39)33-13-15-41-16-14-33/h7-12,17-18,27H,5-6,13-16H2,1-4H3/b25-18-/t27-/m0/s1. The van der Waals surface area contributed by atoms with Crippen molar-refractivity contribution < 1.29 is 19.2 Å². The summed E-state index contributed by atoms with van der Waals surface area (Å²) in [5.74, 6) is 0.353. The van der Waals surface area contributed by atoms with Crippen LogP contribution in [0, 0.1) is 10.1 Å². The number of likely N-dealkylation sites (N-methyl/N-ethyl adjacent to an activating group) is 1. The van der Waals surface area contributed by atoms with Gasteiger partial charge in [0.15, 0.2) is 4.80 Å². The maximum absolute atomic E-state index is 14.1. The average Bonchev–Trinajstić information content (AvgIpc) is 3.31. The van der Waals surface area contributed by atoms with Crippen molar-refractivity contribution in [1.29, 1.82) is 0 Å². The number of anilines is 1. The van der Waals surface area contributed by atoms with E-state index in [1.54, 1.807) is 43.2 Å². The largest absolute Gasteiger partial charge is 0.496 e. The lowest BCUT2D eigenvalue weighted by atomic mass is 9.94. The van der Waals surface area contributed by atoms with E-state index in [1.807, 2.05) is 36.9 Å². The van der Waals surface area contributed by atoms with E-state index in [0.717, 1.165) is 0 Å². The second-order valence-electron chi connectivity index (χ2n) is 9.91. The molecule has 0 N–H and O–H groups in total. The first kappa shape index (κ1) is 29.2. The molecule has 3 aromatic rings. The van der Waals surface area contributed by atoms with Gasteiger partial charge in [-0.15, -0.1) is 0 Å². The van der Waals surface area contributed by atoms with Crippen LogP contribution in [0.1, 0.15) is 37.9 Å². The number of rotatable bonds is 8. The third kappa shape index (κ3) is 5.35. The number of morpholine rings is 1. The summed E-state index contributed by atoms with van der Waals surface area (Å²) in [6.45, 7) is 8.76. The van der Waals surface area contributed by atoms with Gasteiger partial charge in [-0.25, -0.2) is 4.99 Å². The summed E-state index contributed by atoms with van der Waals surface area (Å²) in [7, 11) is 1.55. The van der Waals surface area contributed by atoms with Gasteiger partial charge in [-0.05, 0) is 44.5 Å². The van der Waals surface area contributed by atoms with Gasteiger partial charge >= 0.3 is 0 Å². The number of benzene rings is 2. The number of nitrogens with zero attached hydrogens (tertiary/aromatic N) is 5. The lowest BCUT2D eigenvalue weighted by Crippen LogP contribution is -2.43. The van der Waals surface area contributed by atoms with Crippen molar-refractivity contribution in [3.8, 4) is 5.75 Å². The van der Waals surface area contributed by atoms with E-state index in [4.69, 9.17) is 14.5 Å². The van der Waals surface area contributed by atoms with Crippen molar-refractivity contribution in [2.24, 2.45) is 4.99 Å². The summed E-state index contributed by atoms with van der Waals surface area (Å²) in [4.78, 5) is 48.2. The van der Waals surface area contributed by atoms with Gasteiger partial charge in [-0.2, -0.15) is 0 Å². The van der Waals surface area contributed by atoms with Crippen molar-refractivity contribution in [1.82, 2.24) is 9.47 Å². The zero-order valence-corrected chi connectivity index (χ0v) is 24.8. The number of ether oxygens (including phenoxy) is 2. The van der Waals surface area contributed by atoms with E-state index in [-0.39, 0.29) is 17.2 Å². The van der Waals surface area contributed by atoms with Crippen LogP contribution in [0.25, 0.3) is 6.08 Å². The molecule has 0 saturated carbocycles. The normalized spacial score (nSPS) is 17.1. The quantitative estimate of drug-likeness (QED) is 0.292. The van der Waals surface area contributed by atoms with Gasteiger partial charge in [-0.1, -0.05) is 35.6 Å². The highest BCUT2D eigenvalue weighted by atomic mass is 32.1. The van der Waals surface area contributed by atoms with Gasteiger partial charge in [0.25, 0.3) is 17.2 Å². The molecule has 42 heavy (non-hydrogen) atoms. The zero-order chi connectivity index (χ0) is 30.0. The van der Waals surface area contributed by atoms with E-state index in [0.29, 0.717) is 82.6 Å². The minimum atomic E-state index is -0.759. The molecule has 5 rings (SSSR count). The molecule has 1 aromatic heterocycles. The smallest absolute Gasteiger partial charge is 0.293 e. The molecule has 1 atom stereocenters. The summed E-state index contributed by atoms with van der Waals surface area (Å²) in [5, 5.41) is 12.0. The van der Waals surface area contributed by atoms with Crippen LogP contribution in [0.2, 0.25) is 0 Å².